The van der Waals surface area contributed by atoms with Crippen LogP contribution in [-0.4, -0.2) is 50.0 Å². The second kappa shape index (κ2) is 8.03. The minimum absolute atomic E-state index is 0. The van der Waals surface area contributed by atoms with E-state index in [2.05, 4.69) is 20.8 Å². The first-order chi connectivity index (χ1) is 11.2. The topological polar surface area (TPSA) is 88.3 Å². The number of benzene rings is 1. The number of amides is 1. The molecule has 1 amide bonds. The van der Waals surface area contributed by atoms with Crippen molar-refractivity contribution in [1.29, 1.82) is 0 Å². The van der Waals surface area contributed by atoms with E-state index in [9.17, 15) is 4.79 Å². The van der Waals surface area contributed by atoms with Crippen LogP contribution in [0.3, 0.4) is 0 Å². The SMILES string of the molecule is COc1ccc(-c2cc(C(=O)NCC3CNC3)[nH]n2)cc1OC.Cl. The molecule has 2 aromatic rings. The van der Waals surface area contributed by atoms with Crippen molar-refractivity contribution in [1.82, 2.24) is 20.8 Å². The summed E-state index contributed by atoms with van der Waals surface area (Å²) in [6.45, 7) is 2.59. The fraction of sp³-hybridized carbons (Fsp3) is 0.375. The van der Waals surface area contributed by atoms with Crippen LogP contribution < -0.4 is 20.1 Å². The molecule has 1 fully saturated rings. The van der Waals surface area contributed by atoms with Crippen molar-refractivity contribution >= 4 is 18.3 Å². The lowest BCUT2D eigenvalue weighted by molar-refractivity contribution is 0.0937. The van der Waals surface area contributed by atoms with Gasteiger partial charge in [0, 0.05) is 31.1 Å². The Bertz CT molecular complexity index is 700. The molecular weight excluding hydrogens is 332 g/mol. The van der Waals surface area contributed by atoms with Gasteiger partial charge in [-0.15, -0.1) is 12.4 Å². The molecule has 1 aromatic carbocycles. The van der Waals surface area contributed by atoms with Gasteiger partial charge < -0.3 is 20.1 Å². The number of nitrogens with zero attached hydrogens (tertiary/aromatic N) is 1. The predicted octanol–water partition coefficient (Wildman–Crippen LogP) is 1.46. The van der Waals surface area contributed by atoms with Gasteiger partial charge >= 0.3 is 0 Å². The third-order valence-electron chi connectivity index (χ3n) is 3.92. The van der Waals surface area contributed by atoms with Crippen LogP contribution in [0.25, 0.3) is 11.3 Å². The van der Waals surface area contributed by atoms with E-state index in [0.29, 0.717) is 35.3 Å². The van der Waals surface area contributed by atoms with Crippen molar-refractivity contribution in [2.45, 2.75) is 0 Å². The van der Waals surface area contributed by atoms with Crippen molar-refractivity contribution in [3.05, 3.63) is 30.0 Å². The molecule has 3 rings (SSSR count). The molecule has 3 N–H and O–H groups in total. The number of aromatic nitrogens is 2. The van der Waals surface area contributed by atoms with Crippen molar-refractivity contribution in [3.63, 3.8) is 0 Å². The molecule has 24 heavy (non-hydrogen) atoms. The van der Waals surface area contributed by atoms with Crippen molar-refractivity contribution in [2.24, 2.45) is 5.92 Å². The van der Waals surface area contributed by atoms with Gasteiger partial charge in [-0.2, -0.15) is 5.10 Å². The number of carbonyl (C=O) groups excluding carboxylic acids is 1. The molecule has 0 atom stereocenters. The third-order valence-corrected chi connectivity index (χ3v) is 3.92. The Balaban J connectivity index is 0.00000208. The van der Waals surface area contributed by atoms with Crippen LogP contribution in [0.5, 0.6) is 11.5 Å². The average molecular weight is 353 g/mol. The van der Waals surface area contributed by atoms with Crippen LogP contribution in [0.1, 0.15) is 10.5 Å². The summed E-state index contributed by atoms with van der Waals surface area (Å²) >= 11 is 0. The summed E-state index contributed by atoms with van der Waals surface area (Å²) in [6, 6.07) is 7.25. The molecule has 0 saturated carbocycles. The summed E-state index contributed by atoms with van der Waals surface area (Å²) in [5, 5.41) is 13.1. The Labute approximate surface area is 146 Å². The Kier molecular flexibility index (Phi) is 6.05. The minimum atomic E-state index is -0.142. The zero-order valence-electron chi connectivity index (χ0n) is 13.6. The van der Waals surface area contributed by atoms with E-state index in [1.807, 2.05) is 18.2 Å². The fourth-order valence-corrected chi connectivity index (χ4v) is 2.41. The highest BCUT2D eigenvalue weighted by Crippen LogP contribution is 2.31. The quantitative estimate of drug-likeness (QED) is 0.732. The fourth-order valence-electron chi connectivity index (χ4n) is 2.41. The van der Waals surface area contributed by atoms with Gasteiger partial charge in [-0.25, -0.2) is 0 Å². The van der Waals surface area contributed by atoms with Crippen molar-refractivity contribution in [3.8, 4) is 22.8 Å². The van der Waals surface area contributed by atoms with Crippen LogP contribution >= 0.6 is 12.4 Å². The van der Waals surface area contributed by atoms with E-state index in [0.717, 1.165) is 18.7 Å². The van der Waals surface area contributed by atoms with Gasteiger partial charge in [0.05, 0.1) is 19.9 Å². The second-order valence-electron chi connectivity index (χ2n) is 5.47. The summed E-state index contributed by atoms with van der Waals surface area (Å²) < 4.78 is 10.5. The van der Waals surface area contributed by atoms with E-state index >= 15 is 0 Å². The summed E-state index contributed by atoms with van der Waals surface area (Å²) in [7, 11) is 3.17. The van der Waals surface area contributed by atoms with Gasteiger partial charge in [-0.05, 0) is 24.3 Å². The molecule has 0 spiro atoms. The summed E-state index contributed by atoms with van der Waals surface area (Å²) in [4.78, 5) is 12.1. The number of H-pyrrole nitrogens is 1. The highest BCUT2D eigenvalue weighted by molar-refractivity contribution is 5.93. The van der Waals surface area contributed by atoms with Crippen LogP contribution in [0, 0.1) is 5.92 Å². The Hall–Kier alpha value is -2.25. The maximum Gasteiger partial charge on any atom is 0.269 e. The van der Waals surface area contributed by atoms with Gasteiger partial charge in [0.25, 0.3) is 5.91 Å². The molecule has 1 aromatic heterocycles. The Morgan fingerprint density at radius 3 is 2.62 bits per heavy atom. The second-order valence-corrected chi connectivity index (χ2v) is 5.47. The molecule has 1 saturated heterocycles. The highest BCUT2D eigenvalue weighted by Gasteiger charge is 2.18. The van der Waals surface area contributed by atoms with Crippen molar-refractivity contribution < 1.29 is 14.3 Å². The molecule has 7 nitrogen and oxygen atoms in total. The molecule has 8 heteroatoms. The number of nitrogens with one attached hydrogen (secondary N) is 3. The normalized spacial score (nSPS) is 13.6. The van der Waals surface area contributed by atoms with E-state index in [-0.39, 0.29) is 18.3 Å². The largest absolute Gasteiger partial charge is 0.493 e. The number of hydrogen-bond donors (Lipinski definition) is 3. The molecule has 1 aliphatic heterocycles. The minimum Gasteiger partial charge on any atom is -0.493 e. The molecule has 2 heterocycles. The van der Waals surface area contributed by atoms with Crippen LogP contribution in [0.15, 0.2) is 24.3 Å². The number of carbonyl (C=O) groups is 1. The third kappa shape index (κ3) is 3.80. The van der Waals surface area contributed by atoms with Gasteiger partial charge in [0.15, 0.2) is 11.5 Å². The lowest BCUT2D eigenvalue weighted by Crippen LogP contribution is -2.48. The Morgan fingerprint density at radius 2 is 2.00 bits per heavy atom. The maximum atomic E-state index is 12.1. The van der Waals surface area contributed by atoms with Crippen molar-refractivity contribution in [2.75, 3.05) is 33.9 Å². The summed E-state index contributed by atoms with van der Waals surface area (Å²) in [6.07, 6.45) is 0. The highest BCUT2D eigenvalue weighted by atomic mass is 35.5. The lowest BCUT2D eigenvalue weighted by atomic mass is 10.0. The predicted molar refractivity (Wildman–Crippen MR) is 93.1 cm³/mol. The van der Waals surface area contributed by atoms with Crippen LogP contribution in [-0.2, 0) is 0 Å². The smallest absolute Gasteiger partial charge is 0.269 e. The first-order valence-corrected chi connectivity index (χ1v) is 7.48. The number of ether oxygens (including phenoxy) is 2. The number of aromatic amines is 1. The first-order valence-electron chi connectivity index (χ1n) is 7.48. The van der Waals surface area contributed by atoms with E-state index in [4.69, 9.17) is 9.47 Å². The number of halogens is 1. The molecular formula is C16H21ClN4O3. The lowest BCUT2D eigenvalue weighted by Gasteiger charge is -2.26. The average Bonchev–Trinajstić information content (AvgIpc) is 3.02. The zero-order chi connectivity index (χ0) is 16.2. The Morgan fingerprint density at radius 1 is 1.25 bits per heavy atom. The van der Waals surface area contributed by atoms with E-state index in [1.54, 1.807) is 20.3 Å². The molecule has 0 radical (unpaired) electrons. The standard InChI is InChI=1S/C16H20N4O3.ClH/c1-22-14-4-3-11(5-15(14)23-2)12-6-13(20-19-12)16(21)18-9-10-7-17-8-10;/h3-6,10,17H,7-9H2,1-2H3,(H,18,21)(H,19,20);1H. The number of methoxy groups -OCH3 is 2. The zero-order valence-corrected chi connectivity index (χ0v) is 14.4. The monoisotopic (exact) mass is 352 g/mol. The molecule has 0 bridgehead atoms. The number of rotatable bonds is 6. The van der Waals surface area contributed by atoms with E-state index < -0.39 is 0 Å². The van der Waals surface area contributed by atoms with E-state index in [1.165, 1.54) is 0 Å². The van der Waals surface area contributed by atoms with Crippen LogP contribution in [0.4, 0.5) is 0 Å². The molecule has 1 aliphatic rings. The maximum absolute atomic E-state index is 12.1. The summed E-state index contributed by atoms with van der Waals surface area (Å²) in [5.74, 6) is 1.65. The van der Waals surface area contributed by atoms with Crippen LogP contribution in [0.2, 0.25) is 0 Å². The van der Waals surface area contributed by atoms with Gasteiger partial charge in [-0.1, -0.05) is 0 Å². The van der Waals surface area contributed by atoms with Gasteiger partial charge in [0.1, 0.15) is 5.69 Å². The number of hydrogen-bond acceptors (Lipinski definition) is 5. The van der Waals surface area contributed by atoms with Gasteiger partial charge in [0.2, 0.25) is 0 Å². The molecule has 0 aliphatic carbocycles. The molecule has 0 unspecified atom stereocenters. The van der Waals surface area contributed by atoms with Gasteiger partial charge in [-0.3, -0.25) is 9.89 Å². The molecule has 130 valence electrons. The first kappa shape index (κ1) is 18.1. The summed E-state index contributed by atoms with van der Waals surface area (Å²) in [5.41, 5.74) is 1.98.